The number of hydrogen-bond donors (Lipinski definition) is 1. The van der Waals surface area contributed by atoms with Crippen LogP contribution in [0.4, 0.5) is 26.3 Å². The average molecular weight is 887 g/mol. The minimum atomic E-state index is -4.53. The lowest BCUT2D eigenvalue weighted by Crippen LogP contribution is -2.09. The molecule has 15 heteroatoms. The van der Waals surface area contributed by atoms with Gasteiger partial charge in [-0.25, -0.2) is 4.79 Å². The standard InChI is InChI=1S/C21H13Cl2F3O2.C14H9Cl2F3O.C7H5ClO/c22-16-7-9-19(23)18(11-16)17-8-6-15(21(24,25)26)10-14(17)12-28-20(27)13-4-2-1-3-5-13;15-10-2-4-13(16)12(6-10)11-3-1-9(14(17,18)19)5-8(11)7-20;8-7(9)6-4-2-1-3-5-6/h1-11H,12H2;1-6,20H,7H2;1-5H. The van der Waals surface area contributed by atoms with E-state index in [1.165, 1.54) is 12.1 Å². The Bertz CT molecular complexity index is 2320. The van der Waals surface area contributed by atoms with Crippen LogP contribution in [0.25, 0.3) is 22.3 Å². The zero-order valence-corrected chi connectivity index (χ0v) is 32.7. The normalized spacial score (nSPS) is 11.1. The summed E-state index contributed by atoms with van der Waals surface area (Å²) in [5.41, 5.74) is 1.26. The molecule has 6 aromatic rings. The van der Waals surface area contributed by atoms with Gasteiger partial charge in [0.15, 0.2) is 0 Å². The fourth-order valence-corrected chi connectivity index (χ4v) is 6.00. The molecule has 0 saturated carbocycles. The molecular formula is C42H27Cl5F6O4. The van der Waals surface area contributed by atoms with Crippen molar-refractivity contribution in [1.82, 2.24) is 0 Å². The summed E-state index contributed by atoms with van der Waals surface area (Å²) in [6.45, 7) is -0.877. The maximum absolute atomic E-state index is 13.2. The van der Waals surface area contributed by atoms with E-state index in [1.807, 2.05) is 6.07 Å². The van der Waals surface area contributed by atoms with Gasteiger partial charge in [-0.05, 0) is 107 Å². The van der Waals surface area contributed by atoms with Gasteiger partial charge in [-0.2, -0.15) is 26.3 Å². The first-order valence-electron chi connectivity index (χ1n) is 16.3. The molecule has 57 heavy (non-hydrogen) atoms. The van der Waals surface area contributed by atoms with Crippen molar-refractivity contribution in [3.05, 3.63) is 187 Å². The Labute approximate surface area is 348 Å². The van der Waals surface area contributed by atoms with Gasteiger partial charge < -0.3 is 9.84 Å². The van der Waals surface area contributed by atoms with Gasteiger partial charge in [-0.3, -0.25) is 4.79 Å². The fraction of sp³-hybridized carbons (Fsp3) is 0.0952. The fourth-order valence-electron chi connectivity index (χ4n) is 5.09. The van der Waals surface area contributed by atoms with Crippen LogP contribution in [0.3, 0.4) is 0 Å². The lowest BCUT2D eigenvalue weighted by molar-refractivity contribution is -0.138. The summed E-state index contributed by atoms with van der Waals surface area (Å²) in [6.07, 6.45) is -8.99. The first kappa shape index (κ1) is 45.2. The van der Waals surface area contributed by atoms with Crippen LogP contribution < -0.4 is 0 Å². The van der Waals surface area contributed by atoms with E-state index < -0.39 is 41.3 Å². The van der Waals surface area contributed by atoms with Crippen molar-refractivity contribution >= 4 is 69.2 Å². The predicted octanol–water partition coefficient (Wildman–Crippen LogP) is 14.3. The lowest BCUT2D eigenvalue weighted by atomic mass is 9.97. The summed E-state index contributed by atoms with van der Waals surface area (Å²) in [5.74, 6) is -0.638. The number of aliphatic hydroxyl groups is 1. The first-order valence-corrected chi connectivity index (χ1v) is 18.2. The van der Waals surface area contributed by atoms with Gasteiger partial charge in [-0.1, -0.05) is 107 Å². The molecule has 0 aliphatic heterocycles. The number of benzene rings is 6. The van der Waals surface area contributed by atoms with E-state index in [0.29, 0.717) is 53.5 Å². The molecule has 0 saturated heterocycles. The van der Waals surface area contributed by atoms with Crippen molar-refractivity contribution < 1.29 is 45.8 Å². The smallest absolute Gasteiger partial charge is 0.416 e. The van der Waals surface area contributed by atoms with Crippen molar-refractivity contribution in [3.8, 4) is 22.3 Å². The zero-order valence-electron chi connectivity index (χ0n) is 28.9. The molecule has 0 aliphatic rings. The third-order valence-electron chi connectivity index (χ3n) is 7.84. The molecule has 0 aliphatic carbocycles. The molecule has 0 atom stereocenters. The van der Waals surface area contributed by atoms with Gasteiger partial charge in [0.25, 0.3) is 5.24 Å². The van der Waals surface area contributed by atoms with Crippen molar-refractivity contribution in [2.45, 2.75) is 25.6 Å². The molecular weight excluding hydrogens is 860 g/mol. The highest BCUT2D eigenvalue weighted by Crippen LogP contribution is 2.39. The Morgan fingerprint density at radius 2 is 0.947 bits per heavy atom. The van der Waals surface area contributed by atoms with Crippen LogP contribution in [0, 0.1) is 0 Å². The number of aliphatic hydroxyl groups excluding tert-OH is 1. The number of hydrogen-bond acceptors (Lipinski definition) is 4. The maximum Gasteiger partial charge on any atom is 0.416 e. The largest absolute Gasteiger partial charge is 0.457 e. The van der Waals surface area contributed by atoms with Crippen LogP contribution in [0.15, 0.2) is 133 Å². The van der Waals surface area contributed by atoms with Crippen molar-refractivity contribution in [1.29, 1.82) is 0 Å². The van der Waals surface area contributed by atoms with Gasteiger partial charge in [0.1, 0.15) is 6.61 Å². The highest BCUT2D eigenvalue weighted by molar-refractivity contribution is 6.67. The highest BCUT2D eigenvalue weighted by Gasteiger charge is 2.32. The molecule has 1 N–H and O–H groups in total. The molecule has 0 spiro atoms. The quantitative estimate of drug-likeness (QED) is 0.0985. The Hall–Kier alpha value is -4.55. The van der Waals surface area contributed by atoms with Crippen LogP contribution in [-0.2, 0) is 30.3 Å². The molecule has 6 aromatic carbocycles. The van der Waals surface area contributed by atoms with Crippen molar-refractivity contribution in [2.75, 3.05) is 0 Å². The summed E-state index contributed by atoms with van der Waals surface area (Å²) in [5, 5.41) is 10.3. The number of ether oxygens (including phenoxy) is 1. The van der Waals surface area contributed by atoms with Crippen molar-refractivity contribution in [2.24, 2.45) is 0 Å². The second-order valence-corrected chi connectivity index (χ2v) is 13.8. The van der Waals surface area contributed by atoms with Crippen LogP contribution in [0.5, 0.6) is 0 Å². The Balaban J connectivity index is 0.000000215. The Morgan fingerprint density at radius 3 is 1.35 bits per heavy atom. The summed E-state index contributed by atoms with van der Waals surface area (Å²) in [6, 6.07) is 32.6. The van der Waals surface area contributed by atoms with E-state index in [0.717, 1.165) is 24.3 Å². The monoisotopic (exact) mass is 884 g/mol. The Kier molecular flexibility index (Phi) is 16.0. The minimum Gasteiger partial charge on any atom is -0.457 e. The van der Waals surface area contributed by atoms with E-state index in [-0.39, 0.29) is 17.7 Å². The molecule has 0 fully saturated rings. The number of carbonyl (C=O) groups excluding carboxylic acids is 2. The van der Waals surface area contributed by atoms with Crippen LogP contribution >= 0.6 is 58.0 Å². The second-order valence-electron chi connectivity index (χ2n) is 11.7. The van der Waals surface area contributed by atoms with Crippen LogP contribution in [-0.4, -0.2) is 16.3 Å². The number of rotatable bonds is 7. The van der Waals surface area contributed by atoms with E-state index >= 15 is 0 Å². The van der Waals surface area contributed by atoms with Gasteiger partial charge in [0.2, 0.25) is 0 Å². The lowest BCUT2D eigenvalue weighted by Gasteiger charge is -2.15. The zero-order chi connectivity index (χ0) is 41.9. The summed E-state index contributed by atoms with van der Waals surface area (Å²) in [7, 11) is 0. The van der Waals surface area contributed by atoms with Crippen LogP contribution in [0.1, 0.15) is 43.0 Å². The highest BCUT2D eigenvalue weighted by atomic mass is 35.5. The van der Waals surface area contributed by atoms with E-state index in [2.05, 4.69) is 0 Å². The third kappa shape index (κ3) is 13.0. The van der Waals surface area contributed by atoms with Gasteiger partial charge >= 0.3 is 18.3 Å². The summed E-state index contributed by atoms with van der Waals surface area (Å²) >= 11 is 29.3. The molecule has 0 aromatic heterocycles. The molecule has 0 heterocycles. The van der Waals surface area contributed by atoms with Gasteiger partial charge in [0.05, 0.1) is 23.3 Å². The molecule has 6 rings (SSSR count). The molecule has 0 amide bonds. The number of alkyl halides is 6. The number of esters is 1. The predicted molar refractivity (Wildman–Crippen MR) is 212 cm³/mol. The van der Waals surface area contributed by atoms with E-state index in [1.54, 1.807) is 91.0 Å². The first-order chi connectivity index (χ1) is 26.9. The molecule has 4 nitrogen and oxygen atoms in total. The Morgan fingerprint density at radius 1 is 0.526 bits per heavy atom. The molecule has 0 unspecified atom stereocenters. The SMILES string of the molecule is O=C(Cl)c1ccccc1.O=C(OCc1cc(C(F)(F)F)ccc1-c1cc(Cl)ccc1Cl)c1ccccc1.OCc1cc(C(F)(F)F)ccc1-c1cc(Cl)ccc1Cl. The van der Waals surface area contributed by atoms with Gasteiger partial charge in [-0.15, -0.1) is 0 Å². The maximum atomic E-state index is 13.2. The number of halogens is 11. The van der Waals surface area contributed by atoms with Crippen molar-refractivity contribution in [3.63, 3.8) is 0 Å². The third-order valence-corrected chi connectivity index (χ3v) is 9.19. The van der Waals surface area contributed by atoms with E-state index in [9.17, 15) is 41.0 Å². The summed E-state index contributed by atoms with van der Waals surface area (Å²) in [4.78, 5) is 22.6. The summed E-state index contributed by atoms with van der Waals surface area (Å²) < 4.78 is 82.7. The van der Waals surface area contributed by atoms with Crippen LogP contribution in [0.2, 0.25) is 20.1 Å². The average Bonchev–Trinajstić information content (AvgIpc) is 3.19. The minimum absolute atomic E-state index is 0.143. The van der Waals surface area contributed by atoms with E-state index in [4.69, 9.17) is 62.7 Å². The molecule has 0 radical (unpaired) electrons. The number of carbonyl (C=O) groups is 2. The molecule has 0 bridgehead atoms. The molecule has 296 valence electrons. The van der Waals surface area contributed by atoms with Gasteiger partial charge in [0, 0.05) is 36.8 Å². The second kappa shape index (κ2) is 20.2. The topological polar surface area (TPSA) is 63.6 Å².